The van der Waals surface area contributed by atoms with E-state index in [1.54, 1.807) is 30.5 Å². The molecule has 2 aromatic heterocycles. The minimum atomic E-state index is -0.968. The summed E-state index contributed by atoms with van der Waals surface area (Å²) in [7, 11) is 0. The van der Waals surface area contributed by atoms with Crippen LogP contribution in [0.2, 0.25) is 5.02 Å². The van der Waals surface area contributed by atoms with Gasteiger partial charge in [0.1, 0.15) is 17.6 Å². The van der Waals surface area contributed by atoms with Gasteiger partial charge in [0.25, 0.3) is 0 Å². The Balaban J connectivity index is 1.37. The van der Waals surface area contributed by atoms with E-state index < -0.39 is 5.97 Å². The molecular formula is C32H31ClN4O3S. The average molecular weight is 587 g/mol. The zero-order valence-electron chi connectivity index (χ0n) is 22.8. The molecule has 9 heteroatoms. The number of halogens is 1. The molecule has 210 valence electrons. The summed E-state index contributed by atoms with van der Waals surface area (Å²) in [6.07, 6.45) is 3.00. The molecule has 7 nitrogen and oxygen atoms in total. The molecule has 0 saturated carbocycles. The van der Waals surface area contributed by atoms with Gasteiger partial charge in [-0.2, -0.15) is 0 Å². The van der Waals surface area contributed by atoms with Gasteiger partial charge in [-0.15, -0.1) is 0 Å². The molecule has 2 saturated heterocycles. The Morgan fingerprint density at radius 3 is 2.46 bits per heavy atom. The molecule has 2 aliphatic rings. The quantitative estimate of drug-likeness (QED) is 0.227. The summed E-state index contributed by atoms with van der Waals surface area (Å²) < 4.78 is 6.42. The first-order valence-corrected chi connectivity index (χ1v) is 14.6. The van der Waals surface area contributed by atoms with Crippen LogP contribution >= 0.6 is 23.8 Å². The molecule has 41 heavy (non-hydrogen) atoms. The van der Waals surface area contributed by atoms with Gasteiger partial charge in [0, 0.05) is 30.5 Å². The van der Waals surface area contributed by atoms with Crippen LogP contribution in [0.4, 0.5) is 11.4 Å². The van der Waals surface area contributed by atoms with Gasteiger partial charge in [-0.25, -0.2) is 4.79 Å². The second kappa shape index (κ2) is 11.2. The van der Waals surface area contributed by atoms with E-state index in [0.717, 1.165) is 35.7 Å². The lowest BCUT2D eigenvalue weighted by atomic mass is 9.91. The molecule has 4 aromatic rings. The molecule has 2 fully saturated rings. The van der Waals surface area contributed by atoms with E-state index in [4.69, 9.17) is 28.2 Å². The first-order chi connectivity index (χ1) is 19.8. The van der Waals surface area contributed by atoms with E-state index >= 15 is 0 Å². The predicted molar refractivity (Wildman–Crippen MR) is 166 cm³/mol. The number of rotatable bonds is 6. The van der Waals surface area contributed by atoms with Crippen LogP contribution in [-0.2, 0) is 0 Å². The van der Waals surface area contributed by atoms with Gasteiger partial charge in [0.2, 0.25) is 0 Å². The molecule has 0 bridgehead atoms. The number of hydrogen-bond acceptors (Lipinski definition) is 5. The number of hydrogen-bond donors (Lipinski definition) is 2. The van der Waals surface area contributed by atoms with Gasteiger partial charge in [-0.1, -0.05) is 43.6 Å². The predicted octanol–water partition coefficient (Wildman–Crippen LogP) is 7.35. The fourth-order valence-corrected chi connectivity index (χ4v) is 6.77. The number of nitrogens with one attached hydrogen (secondary N) is 1. The van der Waals surface area contributed by atoms with Gasteiger partial charge in [0.15, 0.2) is 5.11 Å². The number of furan rings is 1. The Hall–Kier alpha value is -3.88. The van der Waals surface area contributed by atoms with Crippen LogP contribution in [0.1, 0.15) is 54.2 Å². The number of carboxylic acids is 1. The Kier molecular flexibility index (Phi) is 7.45. The van der Waals surface area contributed by atoms with Crippen molar-refractivity contribution < 1.29 is 14.3 Å². The van der Waals surface area contributed by atoms with Crippen molar-refractivity contribution in [2.45, 2.75) is 32.4 Å². The summed E-state index contributed by atoms with van der Waals surface area (Å²) in [6.45, 7) is 6.56. The van der Waals surface area contributed by atoms with Crippen molar-refractivity contribution >= 4 is 46.3 Å². The highest BCUT2D eigenvalue weighted by Crippen LogP contribution is 2.44. The van der Waals surface area contributed by atoms with Crippen molar-refractivity contribution in [3.8, 4) is 11.3 Å². The molecule has 0 aliphatic carbocycles. The van der Waals surface area contributed by atoms with Crippen LogP contribution < -0.4 is 15.1 Å². The number of thiocarbonyl (C=S) groups is 1. The van der Waals surface area contributed by atoms with Crippen LogP contribution in [0.25, 0.3) is 11.3 Å². The second-order valence-electron chi connectivity index (χ2n) is 11.1. The number of carbonyl (C=O) groups is 1. The topological polar surface area (TPSA) is 81.8 Å². The zero-order chi connectivity index (χ0) is 28.7. The standard InChI is InChI=1S/C32H31ClN4O3S/c1-19-15-20(2)18-36(17-19)26-11-10-23(16-24(26)33)37-30(29(35-32(37)41)25-5-3-4-14-34-25)28-13-12-27(40-28)21-6-8-22(9-7-21)31(38)39/h3-14,16,19-20,29-30H,15,17-18H2,1-2H3,(H,35,41)(H,38,39)/t19-,20+,29-,30-/m0/s1. The first kappa shape index (κ1) is 27.3. The number of aromatic nitrogens is 1. The van der Waals surface area contributed by atoms with Gasteiger partial charge in [-0.3, -0.25) is 4.98 Å². The molecule has 0 unspecified atom stereocenters. The lowest BCUT2D eigenvalue weighted by molar-refractivity contribution is 0.0697. The van der Waals surface area contributed by atoms with Crippen molar-refractivity contribution in [2.24, 2.45) is 11.8 Å². The van der Waals surface area contributed by atoms with Crippen LogP contribution in [0, 0.1) is 11.8 Å². The number of piperidine rings is 1. The first-order valence-electron chi connectivity index (χ1n) is 13.8. The van der Waals surface area contributed by atoms with Crippen molar-refractivity contribution in [3.05, 3.63) is 101 Å². The van der Waals surface area contributed by atoms with E-state index in [-0.39, 0.29) is 17.6 Å². The molecule has 4 atom stereocenters. The van der Waals surface area contributed by atoms with Crippen molar-refractivity contribution in [1.29, 1.82) is 0 Å². The highest BCUT2D eigenvalue weighted by atomic mass is 35.5. The maximum absolute atomic E-state index is 11.3. The molecule has 0 amide bonds. The SMILES string of the molecule is C[C@@H]1C[C@H](C)CN(c2ccc(N3C(=S)N[C@@H](c4ccccn4)[C@@H]3c3ccc(-c4ccc(C(=O)O)cc4)o3)cc2Cl)C1. The van der Waals surface area contributed by atoms with Gasteiger partial charge in [0.05, 0.1) is 28.0 Å². The summed E-state index contributed by atoms with van der Waals surface area (Å²) in [5.74, 6) is 1.59. The van der Waals surface area contributed by atoms with Crippen LogP contribution in [0.3, 0.4) is 0 Å². The maximum Gasteiger partial charge on any atom is 0.335 e. The molecule has 6 rings (SSSR count). The van der Waals surface area contributed by atoms with Gasteiger partial charge >= 0.3 is 5.97 Å². The van der Waals surface area contributed by atoms with Crippen LogP contribution in [0.5, 0.6) is 0 Å². The monoisotopic (exact) mass is 586 g/mol. The lowest BCUT2D eigenvalue weighted by Crippen LogP contribution is -2.38. The highest BCUT2D eigenvalue weighted by Gasteiger charge is 2.43. The smallest absolute Gasteiger partial charge is 0.335 e. The number of aromatic carboxylic acids is 1. The third-order valence-electron chi connectivity index (χ3n) is 7.85. The molecular weight excluding hydrogens is 556 g/mol. The summed E-state index contributed by atoms with van der Waals surface area (Å²) >= 11 is 12.8. The highest BCUT2D eigenvalue weighted by molar-refractivity contribution is 7.80. The Morgan fingerprint density at radius 1 is 1.05 bits per heavy atom. The third kappa shape index (κ3) is 5.42. The molecule has 0 radical (unpaired) electrons. The second-order valence-corrected chi connectivity index (χ2v) is 11.9. The molecule has 2 aromatic carbocycles. The van der Waals surface area contributed by atoms with E-state index in [0.29, 0.717) is 33.5 Å². The minimum absolute atomic E-state index is 0.223. The van der Waals surface area contributed by atoms with E-state index in [2.05, 4.69) is 41.2 Å². The average Bonchev–Trinajstić information content (AvgIpc) is 3.57. The van der Waals surface area contributed by atoms with Crippen molar-refractivity contribution in [1.82, 2.24) is 10.3 Å². The summed E-state index contributed by atoms with van der Waals surface area (Å²) in [5, 5.41) is 14.0. The maximum atomic E-state index is 11.3. The zero-order valence-corrected chi connectivity index (χ0v) is 24.4. The van der Waals surface area contributed by atoms with E-state index in [1.165, 1.54) is 6.42 Å². The number of carboxylic acid groups (broad SMARTS) is 1. The van der Waals surface area contributed by atoms with Crippen molar-refractivity contribution in [3.63, 3.8) is 0 Å². The summed E-state index contributed by atoms with van der Waals surface area (Å²) in [6, 6.07) is 21.8. The number of nitrogens with zero attached hydrogens (tertiary/aromatic N) is 3. The normalized spacial score (nSPS) is 22.6. The number of pyridine rings is 1. The molecule has 2 aliphatic heterocycles. The summed E-state index contributed by atoms with van der Waals surface area (Å²) in [4.78, 5) is 20.3. The fourth-order valence-electron chi connectivity index (χ4n) is 6.13. The third-order valence-corrected chi connectivity index (χ3v) is 8.47. The Morgan fingerprint density at radius 2 is 1.80 bits per heavy atom. The van der Waals surface area contributed by atoms with E-state index in [1.807, 2.05) is 41.3 Å². The van der Waals surface area contributed by atoms with E-state index in [9.17, 15) is 9.90 Å². The minimum Gasteiger partial charge on any atom is -0.478 e. The Bertz CT molecular complexity index is 1570. The number of benzene rings is 2. The fraction of sp³-hybridized carbons (Fsp3) is 0.281. The molecule has 4 heterocycles. The van der Waals surface area contributed by atoms with Gasteiger partial charge < -0.3 is 24.6 Å². The Labute approximate surface area is 249 Å². The molecule has 0 spiro atoms. The summed E-state index contributed by atoms with van der Waals surface area (Å²) in [5.41, 5.74) is 3.75. The van der Waals surface area contributed by atoms with Crippen LogP contribution in [-0.4, -0.2) is 34.3 Å². The largest absolute Gasteiger partial charge is 0.478 e. The van der Waals surface area contributed by atoms with Gasteiger partial charge in [-0.05, 0) is 85.1 Å². The molecule has 2 N–H and O–H groups in total. The number of anilines is 2. The lowest BCUT2D eigenvalue weighted by Gasteiger charge is -2.37. The van der Waals surface area contributed by atoms with Crippen LogP contribution in [0.15, 0.2) is 83.4 Å². The van der Waals surface area contributed by atoms with Crippen molar-refractivity contribution in [2.75, 3.05) is 22.9 Å².